The van der Waals surface area contributed by atoms with Crippen molar-refractivity contribution in [2.24, 2.45) is 0 Å². The molecule has 1 unspecified atom stereocenters. The first-order valence-electron chi connectivity index (χ1n) is 5.34. The van der Waals surface area contributed by atoms with Gasteiger partial charge < -0.3 is 0 Å². The van der Waals surface area contributed by atoms with E-state index in [-0.39, 0.29) is 17.0 Å². The number of Topliss-reactive ketones (excluding diaryl/α,β-unsaturated/α-hetero) is 1. The predicted octanol–water partition coefficient (Wildman–Crippen LogP) is 2.32. The van der Waals surface area contributed by atoms with Crippen LogP contribution in [0, 0.1) is 10.1 Å². The zero-order valence-corrected chi connectivity index (χ0v) is 12.7. The smallest absolute Gasteiger partial charge is 0.269 e. The third-order valence-corrected chi connectivity index (χ3v) is 6.66. The maximum Gasteiger partial charge on any atom is 0.269 e. The number of carbonyl (C=O) groups excluding carboxylic acids is 1. The monoisotopic (exact) mass is 349 g/mol. The van der Waals surface area contributed by atoms with Gasteiger partial charge in [-0.1, -0.05) is 22.9 Å². The Hall–Kier alpha value is -1.28. The zero-order valence-electron chi connectivity index (χ0n) is 10.3. The molecule has 0 heterocycles. The summed E-state index contributed by atoms with van der Waals surface area (Å²) in [5.74, 6) is -0.836. The Morgan fingerprint density at radius 1 is 1.37 bits per heavy atom. The van der Waals surface area contributed by atoms with E-state index < -0.39 is 24.2 Å². The molecule has 0 saturated carbocycles. The molecule has 19 heavy (non-hydrogen) atoms. The molecule has 6 nitrogen and oxygen atoms in total. The van der Waals surface area contributed by atoms with Crippen molar-refractivity contribution in [1.82, 2.24) is 0 Å². The Balaban J connectivity index is 3.17. The van der Waals surface area contributed by atoms with E-state index in [4.69, 9.17) is 0 Å². The van der Waals surface area contributed by atoms with Crippen LogP contribution >= 0.6 is 15.9 Å². The molecular weight excluding hydrogens is 338 g/mol. The highest BCUT2D eigenvalue weighted by molar-refractivity contribution is 9.12. The summed E-state index contributed by atoms with van der Waals surface area (Å²) in [4.78, 5) is 22.1. The Bertz CT molecular complexity index is 606. The third kappa shape index (κ3) is 3.01. The summed E-state index contributed by atoms with van der Waals surface area (Å²) >= 11 is 2.94. The second kappa shape index (κ2) is 5.38. The molecule has 104 valence electrons. The first-order chi connectivity index (χ1) is 8.63. The van der Waals surface area contributed by atoms with Gasteiger partial charge in [-0.15, -0.1) is 0 Å². The molecular formula is C11H12BrNO5S. The number of hydrogen-bond donors (Lipinski definition) is 0. The third-order valence-electron chi connectivity index (χ3n) is 2.71. The van der Waals surface area contributed by atoms with Crippen LogP contribution in [0.1, 0.15) is 24.2 Å². The molecule has 0 fully saturated rings. The number of hydrogen-bond acceptors (Lipinski definition) is 5. The number of halogens is 1. The van der Waals surface area contributed by atoms with Crippen molar-refractivity contribution in [3.8, 4) is 0 Å². The molecule has 8 heteroatoms. The number of ketones is 1. The number of sulfone groups is 1. The van der Waals surface area contributed by atoms with Crippen LogP contribution in [-0.2, 0) is 9.84 Å². The predicted molar refractivity (Wildman–Crippen MR) is 74.2 cm³/mol. The van der Waals surface area contributed by atoms with E-state index in [1.54, 1.807) is 0 Å². The average molecular weight is 350 g/mol. The number of alkyl halides is 1. The van der Waals surface area contributed by atoms with Gasteiger partial charge in [0.15, 0.2) is 19.3 Å². The maximum absolute atomic E-state index is 12.2. The number of benzene rings is 1. The molecule has 0 N–H and O–H groups in total. The first-order valence-corrected chi connectivity index (χ1v) is 7.78. The van der Waals surface area contributed by atoms with Crippen LogP contribution in [0.25, 0.3) is 0 Å². The van der Waals surface area contributed by atoms with Gasteiger partial charge in [0.05, 0.1) is 4.92 Å². The molecule has 1 aromatic carbocycles. The van der Waals surface area contributed by atoms with Crippen molar-refractivity contribution in [2.75, 3.05) is 5.75 Å². The molecule has 0 saturated heterocycles. The second-order valence-electron chi connectivity index (χ2n) is 3.95. The van der Waals surface area contributed by atoms with E-state index in [0.29, 0.717) is 0 Å². The van der Waals surface area contributed by atoms with Crippen LogP contribution in [0.2, 0.25) is 0 Å². The molecule has 0 bridgehead atoms. The first kappa shape index (κ1) is 15.8. The molecule has 0 aliphatic rings. The van der Waals surface area contributed by atoms with E-state index in [0.717, 1.165) is 12.1 Å². The van der Waals surface area contributed by atoms with Crippen molar-refractivity contribution in [2.45, 2.75) is 17.5 Å². The van der Waals surface area contributed by atoms with Gasteiger partial charge >= 0.3 is 0 Å². The fourth-order valence-corrected chi connectivity index (χ4v) is 3.26. The highest BCUT2D eigenvalue weighted by Crippen LogP contribution is 2.30. The van der Waals surface area contributed by atoms with Gasteiger partial charge in [0.25, 0.3) is 5.69 Å². The van der Waals surface area contributed by atoms with Crippen molar-refractivity contribution < 1.29 is 18.1 Å². The van der Waals surface area contributed by atoms with Crippen molar-refractivity contribution in [3.63, 3.8) is 0 Å². The summed E-state index contributed by atoms with van der Waals surface area (Å²) < 4.78 is 21.9. The molecule has 1 rings (SSSR count). The molecule has 0 amide bonds. The van der Waals surface area contributed by atoms with Crippen LogP contribution in [0.4, 0.5) is 5.69 Å². The molecule has 0 aliphatic carbocycles. The van der Waals surface area contributed by atoms with E-state index in [1.807, 2.05) is 0 Å². The fourth-order valence-electron chi connectivity index (χ4n) is 1.40. The van der Waals surface area contributed by atoms with E-state index in [1.165, 1.54) is 26.0 Å². The SMILES string of the molecule is CCS(=O)(=O)C(C)(Br)C(=O)c1ccc([N+](=O)[O-])cc1. The van der Waals surface area contributed by atoms with Crippen LogP contribution in [0.15, 0.2) is 24.3 Å². The number of nitro benzene ring substituents is 1. The maximum atomic E-state index is 12.2. The van der Waals surface area contributed by atoms with Gasteiger partial charge in [0.1, 0.15) is 0 Å². The zero-order chi connectivity index (χ0) is 14.8. The Morgan fingerprint density at radius 3 is 2.21 bits per heavy atom. The van der Waals surface area contributed by atoms with E-state index in [2.05, 4.69) is 15.9 Å². The van der Waals surface area contributed by atoms with Gasteiger partial charge in [0.2, 0.25) is 0 Å². The highest BCUT2D eigenvalue weighted by atomic mass is 79.9. The summed E-state index contributed by atoms with van der Waals surface area (Å²) in [6.45, 7) is 2.70. The molecule has 1 aromatic rings. The van der Waals surface area contributed by atoms with Gasteiger partial charge in [0, 0.05) is 23.4 Å². The summed E-state index contributed by atoms with van der Waals surface area (Å²) in [7, 11) is -3.64. The van der Waals surface area contributed by atoms with Crippen LogP contribution in [0.5, 0.6) is 0 Å². The molecule has 0 radical (unpaired) electrons. The minimum atomic E-state index is -3.64. The Labute approximate surface area is 119 Å². The quantitative estimate of drug-likeness (QED) is 0.352. The Morgan fingerprint density at radius 2 is 1.84 bits per heavy atom. The minimum absolute atomic E-state index is 0.0991. The van der Waals surface area contributed by atoms with Gasteiger partial charge in [-0.2, -0.15) is 0 Å². The average Bonchev–Trinajstić information content (AvgIpc) is 2.37. The summed E-state index contributed by atoms with van der Waals surface area (Å²) in [6, 6.07) is 4.81. The minimum Gasteiger partial charge on any atom is -0.291 e. The summed E-state index contributed by atoms with van der Waals surface area (Å²) in [6.07, 6.45) is 0. The Kier molecular flexibility index (Phi) is 4.46. The van der Waals surface area contributed by atoms with E-state index >= 15 is 0 Å². The number of nitrogens with zero attached hydrogens (tertiary/aromatic N) is 1. The largest absolute Gasteiger partial charge is 0.291 e. The van der Waals surface area contributed by atoms with Crippen LogP contribution in [-0.4, -0.2) is 28.5 Å². The fraction of sp³-hybridized carbons (Fsp3) is 0.364. The highest BCUT2D eigenvalue weighted by Gasteiger charge is 2.42. The van der Waals surface area contributed by atoms with Gasteiger partial charge in [-0.05, 0) is 19.1 Å². The van der Waals surface area contributed by atoms with Gasteiger partial charge in [-0.3, -0.25) is 14.9 Å². The topological polar surface area (TPSA) is 94.3 Å². The lowest BCUT2D eigenvalue weighted by Crippen LogP contribution is -2.38. The lowest BCUT2D eigenvalue weighted by Gasteiger charge is -2.20. The van der Waals surface area contributed by atoms with Crippen molar-refractivity contribution in [1.29, 1.82) is 0 Å². The molecule has 0 aromatic heterocycles. The molecule has 1 atom stereocenters. The molecule has 0 spiro atoms. The number of rotatable bonds is 5. The number of non-ortho nitro benzene ring substituents is 1. The lowest BCUT2D eigenvalue weighted by molar-refractivity contribution is -0.384. The van der Waals surface area contributed by atoms with Crippen LogP contribution < -0.4 is 0 Å². The van der Waals surface area contributed by atoms with E-state index in [9.17, 15) is 23.3 Å². The summed E-state index contributed by atoms with van der Waals surface area (Å²) in [5.41, 5.74) is -0.0619. The van der Waals surface area contributed by atoms with Gasteiger partial charge in [-0.25, -0.2) is 8.42 Å². The lowest BCUT2D eigenvalue weighted by atomic mass is 10.1. The van der Waals surface area contributed by atoms with Crippen molar-refractivity contribution in [3.05, 3.63) is 39.9 Å². The standard InChI is InChI=1S/C11H12BrNO5S/c1-3-19(17,18)11(2,12)10(14)8-4-6-9(7-5-8)13(15)16/h4-7H,3H2,1-2H3. The normalized spacial score (nSPS) is 14.7. The molecule has 0 aliphatic heterocycles. The number of nitro groups is 1. The second-order valence-corrected chi connectivity index (χ2v) is 8.69. The summed E-state index contributed by atoms with van der Waals surface area (Å²) in [5, 5.41) is 10.5. The van der Waals surface area contributed by atoms with Crippen molar-refractivity contribution >= 4 is 37.2 Å². The number of carbonyl (C=O) groups is 1. The van der Waals surface area contributed by atoms with Crippen LogP contribution in [0.3, 0.4) is 0 Å².